The Balaban J connectivity index is 1.73. The Bertz CT molecular complexity index is 894. The van der Waals surface area contributed by atoms with Crippen LogP contribution in [0.3, 0.4) is 0 Å². The topological polar surface area (TPSA) is 113 Å². The molecule has 5 nitrogen and oxygen atoms in total. The molecule has 0 radical (unpaired) electrons. The Morgan fingerprint density at radius 1 is 0.720 bits per heavy atom. The largest absolute Gasteiger partial charge is 0.384 e. The van der Waals surface area contributed by atoms with Gasteiger partial charge < -0.3 is 11.5 Å². The second kappa shape index (κ2) is 6.97. The van der Waals surface area contributed by atoms with Crippen LogP contribution in [0.5, 0.6) is 0 Å². The lowest BCUT2D eigenvalue weighted by molar-refractivity contribution is 1.15. The van der Waals surface area contributed by atoms with Gasteiger partial charge >= 0.3 is 0 Å². The fraction of sp³-hybridized carbons (Fsp3) is 0.0500. The maximum atomic E-state index is 7.43. The Morgan fingerprint density at radius 2 is 1.24 bits per heavy atom. The van der Waals surface area contributed by atoms with Gasteiger partial charge in [-0.25, -0.2) is 0 Å². The van der Waals surface area contributed by atoms with E-state index >= 15 is 0 Å². The Labute approximate surface area is 146 Å². The number of rotatable bonds is 5. The van der Waals surface area contributed by atoms with E-state index in [1.54, 1.807) is 0 Å². The maximum Gasteiger partial charge on any atom is 0.122 e. The van der Waals surface area contributed by atoms with E-state index in [9.17, 15) is 0 Å². The first-order valence-corrected chi connectivity index (χ1v) is 7.86. The van der Waals surface area contributed by atoms with Crippen LogP contribution in [0.15, 0.2) is 66.9 Å². The summed E-state index contributed by atoms with van der Waals surface area (Å²) >= 11 is 0. The number of nitrogens with one attached hydrogen (secondary N) is 2. The molecule has 124 valence electrons. The third-order valence-electron chi connectivity index (χ3n) is 3.99. The van der Waals surface area contributed by atoms with Gasteiger partial charge in [0.15, 0.2) is 0 Å². The molecule has 3 rings (SSSR count). The molecule has 0 saturated carbocycles. The number of pyridine rings is 1. The summed E-state index contributed by atoms with van der Waals surface area (Å²) in [6.45, 7) is 0. The summed E-state index contributed by atoms with van der Waals surface area (Å²) in [5, 5.41) is 14.8. The van der Waals surface area contributed by atoms with Crippen molar-refractivity contribution in [3.8, 4) is 11.3 Å². The Kier molecular flexibility index (Phi) is 4.57. The zero-order valence-electron chi connectivity index (χ0n) is 13.7. The third-order valence-corrected chi connectivity index (χ3v) is 3.99. The van der Waals surface area contributed by atoms with Crippen molar-refractivity contribution >= 4 is 11.7 Å². The summed E-state index contributed by atoms with van der Waals surface area (Å²) in [7, 11) is 0. The summed E-state index contributed by atoms with van der Waals surface area (Å²) < 4.78 is 0. The smallest absolute Gasteiger partial charge is 0.122 e. The van der Waals surface area contributed by atoms with Gasteiger partial charge in [0.1, 0.15) is 11.7 Å². The lowest BCUT2D eigenvalue weighted by atomic mass is 10.0. The van der Waals surface area contributed by atoms with Gasteiger partial charge in [0.25, 0.3) is 0 Å². The van der Waals surface area contributed by atoms with E-state index < -0.39 is 0 Å². The molecule has 6 N–H and O–H groups in total. The summed E-state index contributed by atoms with van der Waals surface area (Å²) in [5.74, 6) is 0.138. The Hall–Kier alpha value is -3.47. The molecule has 1 aromatic heterocycles. The molecule has 2 aromatic carbocycles. The fourth-order valence-electron chi connectivity index (χ4n) is 2.56. The van der Waals surface area contributed by atoms with E-state index in [2.05, 4.69) is 11.1 Å². The van der Waals surface area contributed by atoms with Gasteiger partial charge in [-0.05, 0) is 23.6 Å². The highest BCUT2D eigenvalue weighted by Crippen LogP contribution is 2.19. The number of benzene rings is 2. The number of amidine groups is 2. The van der Waals surface area contributed by atoms with Crippen molar-refractivity contribution in [2.75, 3.05) is 0 Å². The van der Waals surface area contributed by atoms with Crippen molar-refractivity contribution in [1.82, 2.24) is 4.98 Å². The molecule has 0 spiro atoms. The first-order valence-electron chi connectivity index (χ1n) is 7.86. The van der Waals surface area contributed by atoms with Crippen molar-refractivity contribution < 1.29 is 0 Å². The van der Waals surface area contributed by atoms with E-state index in [1.807, 2.05) is 60.8 Å². The van der Waals surface area contributed by atoms with E-state index in [0.717, 1.165) is 34.4 Å². The highest BCUT2D eigenvalue weighted by Gasteiger charge is 2.03. The highest BCUT2D eigenvalue weighted by atomic mass is 14.7. The van der Waals surface area contributed by atoms with Crippen LogP contribution in [-0.4, -0.2) is 16.7 Å². The molecule has 0 amide bonds. The first-order chi connectivity index (χ1) is 12.0. The molecule has 0 aliphatic rings. The maximum absolute atomic E-state index is 7.43. The summed E-state index contributed by atoms with van der Waals surface area (Å²) in [6, 6.07) is 19.2. The van der Waals surface area contributed by atoms with Crippen LogP contribution in [0.2, 0.25) is 0 Å². The number of nitrogens with zero attached hydrogens (tertiary/aromatic N) is 1. The van der Waals surface area contributed by atoms with Crippen molar-refractivity contribution in [3.63, 3.8) is 0 Å². The number of hydrogen-bond acceptors (Lipinski definition) is 3. The lowest BCUT2D eigenvalue weighted by Gasteiger charge is -2.06. The van der Waals surface area contributed by atoms with Gasteiger partial charge in [-0.15, -0.1) is 0 Å². The fourth-order valence-corrected chi connectivity index (χ4v) is 2.56. The minimum Gasteiger partial charge on any atom is -0.384 e. The molecule has 0 aliphatic carbocycles. The molecular weight excluding hydrogens is 310 g/mol. The zero-order chi connectivity index (χ0) is 17.8. The molecule has 0 atom stereocenters. The van der Waals surface area contributed by atoms with Crippen LogP contribution in [0, 0.1) is 10.8 Å². The second-order valence-electron chi connectivity index (χ2n) is 5.83. The summed E-state index contributed by atoms with van der Waals surface area (Å²) in [4.78, 5) is 4.53. The summed E-state index contributed by atoms with van der Waals surface area (Å²) in [5.41, 5.74) is 16.5. The number of nitrogen functional groups attached to an aromatic ring is 2. The molecule has 0 fully saturated rings. The quantitative estimate of drug-likeness (QED) is 0.426. The molecule has 1 heterocycles. The van der Waals surface area contributed by atoms with Gasteiger partial charge in [-0.1, -0.05) is 54.6 Å². The Morgan fingerprint density at radius 3 is 1.72 bits per heavy atom. The molecule has 0 bridgehead atoms. The molecule has 0 unspecified atom stereocenters. The molecule has 25 heavy (non-hydrogen) atoms. The molecular formula is C20H19N5. The molecule has 0 aliphatic heterocycles. The normalized spacial score (nSPS) is 10.4. The highest BCUT2D eigenvalue weighted by molar-refractivity contribution is 5.95. The van der Waals surface area contributed by atoms with Gasteiger partial charge in [0.05, 0.1) is 5.69 Å². The minimum absolute atomic E-state index is 0.0608. The molecule has 0 saturated heterocycles. The van der Waals surface area contributed by atoms with Crippen LogP contribution in [-0.2, 0) is 6.42 Å². The van der Waals surface area contributed by atoms with Gasteiger partial charge in [0.2, 0.25) is 0 Å². The number of hydrogen-bond donors (Lipinski definition) is 4. The number of nitrogens with two attached hydrogens (primary N) is 2. The van der Waals surface area contributed by atoms with Crippen molar-refractivity contribution in [1.29, 1.82) is 10.8 Å². The van der Waals surface area contributed by atoms with E-state index in [1.165, 1.54) is 0 Å². The monoisotopic (exact) mass is 329 g/mol. The summed E-state index contributed by atoms with van der Waals surface area (Å²) in [6.07, 6.45) is 2.64. The van der Waals surface area contributed by atoms with E-state index in [-0.39, 0.29) is 11.7 Å². The van der Waals surface area contributed by atoms with Crippen LogP contribution in [0.25, 0.3) is 11.3 Å². The third kappa shape index (κ3) is 3.90. The molecule has 3 aromatic rings. The number of aromatic nitrogens is 1. The van der Waals surface area contributed by atoms with Crippen molar-refractivity contribution in [2.24, 2.45) is 11.5 Å². The lowest BCUT2D eigenvalue weighted by Crippen LogP contribution is -2.10. The van der Waals surface area contributed by atoms with Crippen LogP contribution in [0.4, 0.5) is 0 Å². The van der Waals surface area contributed by atoms with E-state index in [4.69, 9.17) is 22.3 Å². The van der Waals surface area contributed by atoms with Crippen molar-refractivity contribution in [3.05, 3.63) is 89.1 Å². The van der Waals surface area contributed by atoms with Crippen LogP contribution in [0.1, 0.15) is 22.3 Å². The predicted molar refractivity (Wildman–Crippen MR) is 101 cm³/mol. The average molecular weight is 329 g/mol. The van der Waals surface area contributed by atoms with Gasteiger partial charge in [0, 0.05) is 22.9 Å². The molecule has 5 heteroatoms. The average Bonchev–Trinajstić information content (AvgIpc) is 2.63. The van der Waals surface area contributed by atoms with Crippen LogP contribution >= 0.6 is 0 Å². The zero-order valence-corrected chi connectivity index (χ0v) is 13.7. The second-order valence-corrected chi connectivity index (χ2v) is 5.83. The standard InChI is InChI=1S/C20H19N5/c21-19(22)16-4-1-13(2-5-16)11-14-3-10-18(25-12-14)15-6-8-17(9-7-15)20(23)24/h1-10,12H,11H2,(H3,21,22)(H3,23,24). The first kappa shape index (κ1) is 16.4. The van der Waals surface area contributed by atoms with E-state index in [0.29, 0.717) is 5.56 Å². The predicted octanol–water partition coefficient (Wildman–Crippen LogP) is 2.91. The van der Waals surface area contributed by atoms with Gasteiger partial charge in [-0.3, -0.25) is 15.8 Å². The SMILES string of the molecule is N=C(N)c1ccc(Cc2ccc(-c3ccc(C(=N)N)cc3)nc2)cc1. The minimum atomic E-state index is 0.0608. The van der Waals surface area contributed by atoms with Crippen LogP contribution < -0.4 is 11.5 Å². The van der Waals surface area contributed by atoms with Gasteiger partial charge in [-0.2, -0.15) is 0 Å². The van der Waals surface area contributed by atoms with Crippen molar-refractivity contribution in [2.45, 2.75) is 6.42 Å².